The Morgan fingerprint density at radius 3 is 2.00 bits per heavy atom. The number of nitrogens with zero attached hydrogens (tertiary/aromatic N) is 4. The maximum absolute atomic E-state index is 4.62. The van der Waals surface area contributed by atoms with Crippen LogP contribution in [0, 0.1) is 0 Å². The average Bonchev–Trinajstić information content (AvgIpc) is 2.92. The van der Waals surface area contributed by atoms with Gasteiger partial charge in [-0.15, -0.1) is 5.10 Å². The van der Waals surface area contributed by atoms with Gasteiger partial charge in [0.15, 0.2) is 0 Å². The Hall–Kier alpha value is -2.69. The summed E-state index contributed by atoms with van der Waals surface area (Å²) in [6.07, 6.45) is 3.96. The lowest BCUT2D eigenvalue weighted by Gasteiger charge is -2.28. The SMILES string of the molecule is Cn1c(=NNc2ccc(N3CCCCC3)cc2)n(C)c2ccccc21. The fraction of sp³-hybridized carbons (Fsp3) is 0.350. The van der Waals surface area contributed by atoms with Crippen molar-refractivity contribution in [2.75, 3.05) is 23.4 Å². The number of benzene rings is 2. The molecule has 0 unspecified atom stereocenters. The van der Waals surface area contributed by atoms with Crippen LogP contribution >= 0.6 is 0 Å². The van der Waals surface area contributed by atoms with Crippen LogP contribution in [-0.2, 0) is 14.1 Å². The summed E-state index contributed by atoms with van der Waals surface area (Å²) in [5, 5.41) is 4.62. The highest BCUT2D eigenvalue weighted by molar-refractivity contribution is 5.75. The van der Waals surface area contributed by atoms with E-state index in [4.69, 9.17) is 0 Å². The Morgan fingerprint density at radius 1 is 0.800 bits per heavy atom. The van der Waals surface area contributed by atoms with Crippen molar-refractivity contribution in [1.82, 2.24) is 9.13 Å². The van der Waals surface area contributed by atoms with Gasteiger partial charge >= 0.3 is 0 Å². The molecule has 0 spiro atoms. The average molecular weight is 335 g/mol. The first-order valence-electron chi connectivity index (χ1n) is 8.99. The molecule has 0 bridgehead atoms. The van der Waals surface area contributed by atoms with Crippen molar-refractivity contribution in [3.63, 3.8) is 0 Å². The van der Waals surface area contributed by atoms with E-state index in [1.54, 1.807) is 0 Å². The first kappa shape index (κ1) is 15.8. The minimum Gasteiger partial charge on any atom is -0.372 e. The molecule has 2 aromatic carbocycles. The molecule has 1 fully saturated rings. The molecule has 5 nitrogen and oxygen atoms in total. The van der Waals surface area contributed by atoms with E-state index in [9.17, 15) is 0 Å². The first-order valence-corrected chi connectivity index (χ1v) is 8.99. The Labute approximate surface area is 148 Å². The van der Waals surface area contributed by atoms with Crippen molar-refractivity contribution < 1.29 is 0 Å². The molecule has 1 aromatic heterocycles. The topological polar surface area (TPSA) is 37.5 Å². The van der Waals surface area contributed by atoms with E-state index >= 15 is 0 Å². The largest absolute Gasteiger partial charge is 0.372 e. The number of fused-ring (bicyclic) bond motifs is 1. The molecule has 130 valence electrons. The van der Waals surface area contributed by atoms with Crippen molar-refractivity contribution in [3.8, 4) is 0 Å². The Morgan fingerprint density at radius 2 is 1.40 bits per heavy atom. The molecule has 3 aromatic rings. The third-order valence-corrected chi connectivity index (χ3v) is 5.08. The summed E-state index contributed by atoms with van der Waals surface area (Å²) in [5.41, 5.74) is 8.74. The first-order chi connectivity index (χ1) is 12.2. The highest BCUT2D eigenvalue weighted by Gasteiger charge is 2.10. The molecule has 5 heteroatoms. The summed E-state index contributed by atoms with van der Waals surface area (Å²) < 4.78 is 4.20. The molecule has 1 aliphatic rings. The van der Waals surface area contributed by atoms with Gasteiger partial charge < -0.3 is 14.0 Å². The molecule has 1 N–H and O–H groups in total. The Bertz CT molecular complexity index is 885. The summed E-state index contributed by atoms with van der Waals surface area (Å²) >= 11 is 0. The molecule has 0 aliphatic carbocycles. The van der Waals surface area contributed by atoms with Crippen LogP contribution in [0.5, 0.6) is 0 Å². The van der Waals surface area contributed by atoms with E-state index in [-0.39, 0.29) is 0 Å². The van der Waals surface area contributed by atoms with Crippen molar-refractivity contribution >= 4 is 22.4 Å². The maximum atomic E-state index is 4.62. The standard InChI is InChI=1S/C20H25N5/c1-23-18-8-4-5-9-19(18)24(2)20(23)22-21-16-10-12-17(13-11-16)25-14-6-3-7-15-25/h4-5,8-13,21H,3,6-7,14-15H2,1-2H3. The van der Waals surface area contributed by atoms with Gasteiger partial charge in [0, 0.05) is 32.9 Å². The molecular formula is C20H25N5. The van der Waals surface area contributed by atoms with Gasteiger partial charge in [-0.3, -0.25) is 5.43 Å². The van der Waals surface area contributed by atoms with E-state index in [1.165, 1.54) is 49.1 Å². The molecular weight excluding hydrogens is 310 g/mol. The van der Waals surface area contributed by atoms with Gasteiger partial charge in [0.2, 0.25) is 5.62 Å². The molecule has 1 saturated heterocycles. The maximum Gasteiger partial charge on any atom is 0.227 e. The molecule has 0 amide bonds. The number of nitrogens with one attached hydrogen (secondary N) is 1. The van der Waals surface area contributed by atoms with Gasteiger partial charge in [-0.25, -0.2) is 0 Å². The molecule has 1 aliphatic heterocycles. The van der Waals surface area contributed by atoms with Gasteiger partial charge in [-0.1, -0.05) is 12.1 Å². The third-order valence-electron chi connectivity index (χ3n) is 5.08. The number of imidazole rings is 1. The van der Waals surface area contributed by atoms with Gasteiger partial charge in [-0.05, 0) is 55.7 Å². The van der Waals surface area contributed by atoms with Crippen LogP contribution in [0.25, 0.3) is 11.0 Å². The fourth-order valence-electron chi connectivity index (χ4n) is 3.64. The normalized spacial score (nSPS) is 14.7. The van der Waals surface area contributed by atoms with Crippen molar-refractivity contribution in [3.05, 3.63) is 54.1 Å². The number of aromatic nitrogens is 2. The zero-order valence-corrected chi connectivity index (χ0v) is 14.9. The van der Waals surface area contributed by atoms with E-state index in [0.717, 1.165) is 11.3 Å². The quantitative estimate of drug-likeness (QED) is 0.745. The number of rotatable bonds is 3. The summed E-state index contributed by atoms with van der Waals surface area (Å²) in [5.74, 6) is 0. The number of anilines is 2. The fourth-order valence-corrected chi connectivity index (χ4v) is 3.64. The highest BCUT2D eigenvalue weighted by atomic mass is 15.3. The number of hydrogen-bond donors (Lipinski definition) is 1. The molecule has 25 heavy (non-hydrogen) atoms. The Kier molecular flexibility index (Phi) is 4.22. The molecule has 4 rings (SSSR count). The second kappa shape index (κ2) is 6.67. The molecule has 2 heterocycles. The van der Waals surface area contributed by atoms with Crippen molar-refractivity contribution in [1.29, 1.82) is 0 Å². The minimum atomic E-state index is 0.890. The minimum absolute atomic E-state index is 0.890. The van der Waals surface area contributed by atoms with Gasteiger partial charge in [0.1, 0.15) is 0 Å². The third kappa shape index (κ3) is 3.02. The number of piperidine rings is 1. The number of hydrogen-bond acceptors (Lipinski definition) is 3. The van der Waals surface area contributed by atoms with E-state index in [0.29, 0.717) is 0 Å². The second-order valence-electron chi connectivity index (χ2n) is 6.72. The van der Waals surface area contributed by atoms with Crippen LogP contribution in [0.4, 0.5) is 11.4 Å². The smallest absolute Gasteiger partial charge is 0.227 e. The second-order valence-corrected chi connectivity index (χ2v) is 6.72. The van der Waals surface area contributed by atoms with Crippen LogP contribution in [-0.4, -0.2) is 22.2 Å². The Balaban J connectivity index is 1.57. The number of aryl methyl sites for hydroxylation is 2. The van der Waals surface area contributed by atoms with Gasteiger partial charge in [0.25, 0.3) is 0 Å². The monoisotopic (exact) mass is 335 g/mol. The lowest BCUT2D eigenvalue weighted by atomic mass is 10.1. The van der Waals surface area contributed by atoms with Crippen LogP contribution < -0.4 is 15.9 Å². The predicted molar refractivity (Wildman–Crippen MR) is 104 cm³/mol. The van der Waals surface area contributed by atoms with Crippen molar-refractivity contribution in [2.24, 2.45) is 19.2 Å². The predicted octanol–water partition coefficient (Wildman–Crippen LogP) is 3.43. The summed E-state index contributed by atoms with van der Waals surface area (Å²) in [6.45, 7) is 2.34. The van der Waals surface area contributed by atoms with Crippen LogP contribution in [0.1, 0.15) is 19.3 Å². The van der Waals surface area contributed by atoms with E-state index in [1.807, 2.05) is 14.1 Å². The lowest BCUT2D eigenvalue weighted by Crippen LogP contribution is -2.29. The summed E-state index contributed by atoms with van der Waals surface area (Å²) in [4.78, 5) is 2.47. The highest BCUT2D eigenvalue weighted by Crippen LogP contribution is 2.21. The molecule has 0 atom stereocenters. The van der Waals surface area contributed by atoms with E-state index < -0.39 is 0 Å². The van der Waals surface area contributed by atoms with Crippen LogP contribution in [0.2, 0.25) is 0 Å². The molecule has 0 saturated carbocycles. The van der Waals surface area contributed by atoms with Crippen LogP contribution in [0.3, 0.4) is 0 Å². The zero-order chi connectivity index (χ0) is 17.2. The van der Waals surface area contributed by atoms with Gasteiger partial charge in [0.05, 0.1) is 16.7 Å². The summed E-state index contributed by atoms with van der Waals surface area (Å²) in [6, 6.07) is 16.9. The molecule has 0 radical (unpaired) electrons. The number of para-hydroxylation sites is 2. The van der Waals surface area contributed by atoms with Gasteiger partial charge in [-0.2, -0.15) is 0 Å². The van der Waals surface area contributed by atoms with E-state index in [2.05, 4.69) is 73.1 Å². The van der Waals surface area contributed by atoms with Crippen LogP contribution in [0.15, 0.2) is 53.6 Å². The zero-order valence-electron chi connectivity index (χ0n) is 14.9. The lowest BCUT2D eigenvalue weighted by molar-refractivity contribution is 0.578. The summed E-state index contributed by atoms with van der Waals surface area (Å²) in [7, 11) is 4.09. The van der Waals surface area contributed by atoms with Crippen molar-refractivity contribution in [2.45, 2.75) is 19.3 Å².